The van der Waals surface area contributed by atoms with Crippen LogP contribution in [0.25, 0.3) is 0 Å². The van der Waals surface area contributed by atoms with E-state index >= 15 is 0 Å². The Morgan fingerprint density at radius 3 is 0.788 bits per heavy atom. The molecule has 0 unspecified atom stereocenters. The van der Waals surface area contributed by atoms with E-state index in [1.807, 2.05) is 102 Å². The van der Waals surface area contributed by atoms with Crippen LogP contribution in [0, 0.1) is 19.1 Å². The third-order valence-corrected chi connectivity index (χ3v) is 10.5. The van der Waals surface area contributed by atoms with Gasteiger partial charge in [-0.25, -0.2) is 20.8 Å². The molecule has 2 aromatic heterocycles. The second-order valence-corrected chi connectivity index (χ2v) is 30.7. The number of fused-ring (bicyclic) bond motifs is 2. The van der Waals surface area contributed by atoms with E-state index in [9.17, 15) is 0 Å². The first-order valence-corrected chi connectivity index (χ1v) is 36.7. The van der Waals surface area contributed by atoms with Crippen molar-refractivity contribution in [3.05, 3.63) is 19.1 Å². The molecule has 0 aliphatic carbocycles. The molecule has 0 amide bonds. The zero-order valence-electron chi connectivity index (χ0n) is 39.2. The van der Waals surface area contributed by atoms with Gasteiger partial charge >= 0.3 is 50.5 Å². The van der Waals surface area contributed by atoms with Gasteiger partial charge in [0, 0.05) is 80.5 Å². The number of hydrazine groups is 2. The average molecular weight is 1420 g/mol. The number of thiocarbonyl (C=S) groups is 4. The average Bonchev–Trinajstić information content (AvgIpc) is 3.69. The minimum absolute atomic E-state index is 0. The number of hydrogen-bond donors (Lipinski definition) is 2. The number of aliphatic imine (C=N–C) groups is 2. The quantitative estimate of drug-likeness (QED) is 0.150. The van der Waals surface area contributed by atoms with Crippen LogP contribution in [0.1, 0.15) is 158 Å². The second-order valence-electron chi connectivity index (χ2n) is 11.4. The summed E-state index contributed by atoms with van der Waals surface area (Å²) >= 11 is 44.5. The predicted octanol–water partition coefficient (Wildman–Crippen LogP) is 13.1. The van der Waals surface area contributed by atoms with Crippen molar-refractivity contribution in [1.82, 2.24) is 48.7 Å². The van der Waals surface area contributed by atoms with Gasteiger partial charge in [0.05, 0.1) is 20.3 Å². The summed E-state index contributed by atoms with van der Waals surface area (Å²) in [6, 6.07) is 0. The van der Waals surface area contributed by atoms with Gasteiger partial charge in [0.25, 0.3) is 0 Å². The van der Waals surface area contributed by atoms with E-state index in [2.05, 4.69) is 112 Å². The zero-order chi connectivity index (χ0) is 48.3. The van der Waals surface area contributed by atoms with E-state index in [0.29, 0.717) is 13.3 Å². The van der Waals surface area contributed by atoms with Crippen molar-refractivity contribution in [2.24, 2.45) is 24.1 Å². The molecule has 0 saturated carbocycles. The van der Waals surface area contributed by atoms with Crippen LogP contribution in [0.2, 0.25) is 0 Å². The van der Waals surface area contributed by atoms with Gasteiger partial charge in [0.2, 0.25) is 0 Å². The molecule has 2 N–H and O–H groups in total. The fraction of sp³-hybridized carbons (Fsp3) is 0.814. The van der Waals surface area contributed by atoms with Gasteiger partial charge in [-0.1, -0.05) is 117 Å². The SMILES string of the molecule is C.C.C.C.C.CC.CC.CC.CC.CC(=S)N1CCCCN1.CC(=S)N1CCCCN1.CN=C=S.CN=C=S.Cn1c(=S)n2n(c1=S)CCCC2.Cn1c(=S)n2n(c1=S)CCCC2.I[I-]I. The Labute approximate surface area is 478 Å². The summed E-state index contributed by atoms with van der Waals surface area (Å²) in [4.78, 5) is 8.51. The summed E-state index contributed by atoms with van der Waals surface area (Å²) in [7, 11) is 7.05. The van der Waals surface area contributed by atoms with Crippen molar-refractivity contribution < 1.29 is 13.3 Å². The van der Waals surface area contributed by atoms with Gasteiger partial charge in [-0.3, -0.25) is 27.9 Å². The van der Waals surface area contributed by atoms with Gasteiger partial charge in [0.15, 0.2) is 19.1 Å². The molecule has 2 fully saturated rings. The monoisotopic (exact) mass is 1420 g/mol. The normalized spacial score (nSPS) is 12.5. The fourth-order valence-electron chi connectivity index (χ4n) is 5.09. The maximum absolute atomic E-state index is 5.24. The summed E-state index contributed by atoms with van der Waals surface area (Å²) in [5.74, 6) is 0. The van der Waals surface area contributed by atoms with Crippen molar-refractivity contribution in [2.45, 2.75) is 184 Å². The summed E-state index contributed by atoms with van der Waals surface area (Å²) in [5.41, 5.74) is 6.42. The molecule has 0 spiro atoms. The van der Waals surface area contributed by atoms with Crippen LogP contribution in [0.5, 0.6) is 0 Å². The number of nitrogens with zero attached hydrogens (tertiary/aromatic N) is 10. The number of halogens is 3. The first kappa shape index (κ1) is 89.5. The molecule has 6 rings (SSSR count). The first-order valence-electron chi connectivity index (χ1n) is 20.8. The Morgan fingerprint density at radius 1 is 0.485 bits per heavy atom. The Hall–Kier alpha value is 0.650. The molecule has 12 nitrogen and oxygen atoms in total. The molecule has 0 atom stereocenters. The third-order valence-electron chi connectivity index (χ3n) is 7.76. The molecule has 0 aromatic carbocycles. The summed E-state index contributed by atoms with van der Waals surface area (Å²) in [6.45, 7) is 28.3. The summed E-state index contributed by atoms with van der Waals surface area (Å²) in [6.07, 6.45) is 9.95. The van der Waals surface area contributed by atoms with Gasteiger partial charge in [0.1, 0.15) is 0 Å². The van der Waals surface area contributed by atoms with Crippen molar-refractivity contribution in [3.63, 3.8) is 0 Å². The van der Waals surface area contributed by atoms with E-state index in [1.165, 1.54) is 51.4 Å². The molecule has 398 valence electrons. The van der Waals surface area contributed by atoms with Crippen molar-refractivity contribution >= 4 is 155 Å². The van der Waals surface area contributed by atoms with Crippen LogP contribution in [-0.2, 0) is 40.3 Å². The Kier molecular flexibility index (Phi) is 86.3. The summed E-state index contributed by atoms with van der Waals surface area (Å²) < 4.78 is 15.6. The van der Waals surface area contributed by atoms with Gasteiger partial charge in [-0.15, -0.1) is 0 Å². The van der Waals surface area contributed by atoms with Crippen molar-refractivity contribution in [2.75, 3.05) is 40.3 Å². The predicted molar refractivity (Wildman–Crippen MR) is 338 cm³/mol. The second kappa shape index (κ2) is 63.7. The van der Waals surface area contributed by atoms with E-state index in [0.717, 1.165) is 81.4 Å². The number of rotatable bonds is 0. The number of aromatic nitrogens is 6. The Morgan fingerprint density at radius 2 is 0.667 bits per heavy atom. The van der Waals surface area contributed by atoms with Gasteiger partial charge in [-0.2, -0.15) is 0 Å². The molecule has 2 saturated heterocycles. The standard InChI is InChI=1S/2C7H11N3S2.2C6H12N2S.2C2H3NS.4C2H6.5CH4.I3/c2*1-8-6(11)9-4-2-3-5-10(9)7(8)12;2*1-6(9)8-5-3-2-4-7-8;2*1-3-2-4;4*1-2;;;;;;1-3-2/h2*2-5H2,1H3;2*7H,2-5H2,1H3;2*1H3;4*1-2H3;5*1H4;/q;;;;;;;;;;;;;;;-1. The van der Waals surface area contributed by atoms with Crippen LogP contribution in [0.4, 0.5) is 0 Å². The Bertz CT molecular complexity index is 1530. The molecule has 66 heavy (non-hydrogen) atoms. The molecule has 6 heterocycles. The zero-order valence-corrected chi connectivity index (χ0v) is 52.2. The molecular formula is C43H96I3N12S8-. The van der Waals surface area contributed by atoms with E-state index in [-0.39, 0.29) is 37.1 Å². The van der Waals surface area contributed by atoms with E-state index < -0.39 is 0 Å². The fourth-order valence-corrected chi connectivity index (χ4v) is 6.63. The number of hydrogen-bond acceptors (Lipinski definition) is 12. The van der Waals surface area contributed by atoms with E-state index in [1.54, 1.807) is 14.1 Å². The van der Waals surface area contributed by atoms with Crippen LogP contribution in [0.3, 0.4) is 0 Å². The van der Waals surface area contributed by atoms with Crippen LogP contribution in [0.15, 0.2) is 9.98 Å². The van der Waals surface area contributed by atoms with Crippen LogP contribution < -0.4 is 24.1 Å². The Balaban J connectivity index is -0.0000000692. The third kappa shape index (κ3) is 40.3. The molecule has 4 aliphatic heterocycles. The number of nitrogens with one attached hydrogen (secondary N) is 2. The van der Waals surface area contributed by atoms with Crippen molar-refractivity contribution in [3.8, 4) is 0 Å². The molecule has 2 aromatic rings. The molecule has 0 bridgehead atoms. The number of isothiocyanates is 2. The first-order chi connectivity index (χ1) is 29.3. The molecule has 0 radical (unpaired) electrons. The van der Waals surface area contributed by atoms with Gasteiger partial charge < -0.3 is 10.0 Å². The summed E-state index contributed by atoms with van der Waals surface area (Å²) in [5, 5.41) is 8.36. The van der Waals surface area contributed by atoms with E-state index in [4.69, 9.17) is 73.3 Å². The maximum atomic E-state index is 5.24. The minimum atomic E-state index is 0. The topological polar surface area (TPSA) is 84.8 Å². The van der Waals surface area contributed by atoms with Crippen LogP contribution in [-0.4, -0.2) is 98.5 Å². The van der Waals surface area contributed by atoms with Gasteiger partial charge in [-0.05, 0) is 139 Å². The molecule has 4 aliphatic rings. The van der Waals surface area contributed by atoms with Crippen molar-refractivity contribution in [1.29, 1.82) is 0 Å². The molecule has 23 heteroatoms. The molecular weight excluding hydrogens is 1320 g/mol. The van der Waals surface area contributed by atoms with Crippen LogP contribution >= 0.6 is 135 Å².